The van der Waals surface area contributed by atoms with Crippen LogP contribution in [0, 0.1) is 6.92 Å². The zero-order chi connectivity index (χ0) is 13.9. The Morgan fingerprint density at radius 1 is 1.15 bits per heavy atom. The molecule has 2 aliphatic carbocycles. The summed E-state index contributed by atoms with van der Waals surface area (Å²) in [6, 6.07) is 5.91. The van der Waals surface area contributed by atoms with Crippen molar-refractivity contribution in [2.75, 3.05) is 11.9 Å². The lowest BCUT2D eigenvalue weighted by molar-refractivity contribution is 0.426. The Hall–Kier alpha value is -1.09. The molecule has 3 nitrogen and oxygen atoms in total. The number of pyridine rings is 1. The van der Waals surface area contributed by atoms with Crippen LogP contribution in [0.3, 0.4) is 0 Å². The summed E-state index contributed by atoms with van der Waals surface area (Å²) in [6.07, 6.45) is 9.48. The number of rotatable bonds is 5. The SMILES string of the molecule is Cc1nc(N(C)C2CCCCC2)ccc1CNC1CC1. The van der Waals surface area contributed by atoms with Crippen LogP contribution in [0.2, 0.25) is 0 Å². The highest BCUT2D eigenvalue weighted by Gasteiger charge is 2.21. The van der Waals surface area contributed by atoms with Gasteiger partial charge in [0.2, 0.25) is 0 Å². The Morgan fingerprint density at radius 2 is 1.90 bits per heavy atom. The topological polar surface area (TPSA) is 28.2 Å². The van der Waals surface area contributed by atoms with Crippen molar-refractivity contribution >= 4 is 5.82 Å². The van der Waals surface area contributed by atoms with E-state index in [-0.39, 0.29) is 0 Å². The molecule has 2 fully saturated rings. The summed E-state index contributed by atoms with van der Waals surface area (Å²) < 4.78 is 0. The molecule has 0 aromatic carbocycles. The Balaban J connectivity index is 1.64. The Morgan fingerprint density at radius 3 is 2.55 bits per heavy atom. The number of aryl methyl sites for hydroxylation is 1. The summed E-state index contributed by atoms with van der Waals surface area (Å²) in [6.45, 7) is 3.11. The van der Waals surface area contributed by atoms with Crippen molar-refractivity contribution in [1.82, 2.24) is 10.3 Å². The summed E-state index contributed by atoms with van der Waals surface area (Å²) in [5.41, 5.74) is 2.52. The third-order valence-corrected chi connectivity index (χ3v) is 4.82. The summed E-state index contributed by atoms with van der Waals surface area (Å²) in [5, 5.41) is 3.57. The van der Waals surface area contributed by atoms with Gasteiger partial charge in [-0.25, -0.2) is 4.98 Å². The molecule has 0 aliphatic heterocycles. The van der Waals surface area contributed by atoms with Crippen molar-refractivity contribution in [1.29, 1.82) is 0 Å². The highest BCUT2D eigenvalue weighted by molar-refractivity contribution is 5.42. The minimum absolute atomic E-state index is 0.686. The van der Waals surface area contributed by atoms with Gasteiger partial charge in [-0.05, 0) is 44.2 Å². The molecule has 3 heteroatoms. The van der Waals surface area contributed by atoms with E-state index < -0.39 is 0 Å². The number of hydrogen-bond acceptors (Lipinski definition) is 3. The van der Waals surface area contributed by atoms with Crippen LogP contribution in [0.25, 0.3) is 0 Å². The summed E-state index contributed by atoms with van der Waals surface area (Å²) in [5.74, 6) is 1.14. The predicted octanol–water partition coefficient (Wildman–Crippen LogP) is 3.41. The zero-order valence-corrected chi connectivity index (χ0v) is 12.9. The van der Waals surface area contributed by atoms with Crippen molar-refractivity contribution in [3.8, 4) is 0 Å². The first-order valence-corrected chi connectivity index (χ1v) is 8.17. The molecule has 0 bridgehead atoms. The van der Waals surface area contributed by atoms with Crippen molar-refractivity contribution < 1.29 is 0 Å². The fraction of sp³-hybridized carbons (Fsp3) is 0.706. The van der Waals surface area contributed by atoms with Crippen LogP contribution in [-0.2, 0) is 6.54 Å². The monoisotopic (exact) mass is 273 g/mol. The van der Waals surface area contributed by atoms with Gasteiger partial charge in [0, 0.05) is 31.4 Å². The van der Waals surface area contributed by atoms with Crippen LogP contribution in [0.1, 0.15) is 56.2 Å². The van der Waals surface area contributed by atoms with Crippen molar-refractivity contribution in [2.45, 2.75) is 70.5 Å². The second kappa shape index (κ2) is 6.13. The molecule has 0 saturated heterocycles. The number of nitrogens with one attached hydrogen (secondary N) is 1. The third kappa shape index (κ3) is 3.32. The van der Waals surface area contributed by atoms with E-state index in [1.165, 1.54) is 56.2 Å². The predicted molar refractivity (Wildman–Crippen MR) is 84.1 cm³/mol. The van der Waals surface area contributed by atoms with E-state index in [0.29, 0.717) is 6.04 Å². The molecule has 2 aliphatic rings. The quantitative estimate of drug-likeness (QED) is 0.891. The van der Waals surface area contributed by atoms with E-state index in [1.54, 1.807) is 0 Å². The van der Waals surface area contributed by atoms with Crippen LogP contribution in [0.15, 0.2) is 12.1 Å². The van der Waals surface area contributed by atoms with E-state index in [9.17, 15) is 0 Å². The van der Waals surface area contributed by atoms with Gasteiger partial charge in [-0.1, -0.05) is 25.3 Å². The minimum Gasteiger partial charge on any atom is -0.357 e. The lowest BCUT2D eigenvalue weighted by Gasteiger charge is -2.32. The maximum atomic E-state index is 4.83. The molecular formula is C17H27N3. The number of anilines is 1. The molecular weight excluding hydrogens is 246 g/mol. The molecule has 0 spiro atoms. The molecule has 1 aromatic rings. The fourth-order valence-corrected chi connectivity index (χ4v) is 3.16. The largest absolute Gasteiger partial charge is 0.357 e. The van der Waals surface area contributed by atoms with Crippen LogP contribution in [0.5, 0.6) is 0 Å². The number of aromatic nitrogens is 1. The molecule has 20 heavy (non-hydrogen) atoms. The van der Waals surface area contributed by atoms with Crippen LogP contribution >= 0.6 is 0 Å². The van der Waals surface area contributed by atoms with E-state index in [2.05, 4.69) is 36.3 Å². The van der Waals surface area contributed by atoms with Crippen LogP contribution in [0.4, 0.5) is 5.82 Å². The van der Waals surface area contributed by atoms with Gasteiger partial charge in [0.05, 0.1) is 0 Å². The van der Waals surface area contributed by atoms with Gasteiger partial charge < -0.3 is 10.2 Å². The Labute approximate surface area is 122 Å². The fourth-order valence-electron chi connectivity index (χ4n) is 3.16. The molecule has 0 unspecified atom stereocenters. The lowest BCUT2D eigenvalue weighted by Crippen LogP contribution is -2.34. The van der Waals surface area contributed by atoms with Crippen LogP contribution in [-0.4, -0.2) is 24.1 Å². The van der Waals surface area contributed by atoms with Gasteiger partial charge >= 0.3 is 0 Å². The van der Waals surface area contributed by atoms with Gasteiger partial charge in [-0.15, -0.1) is 0 Å². The number of nitrogens with zero attached hydrogens (tertiary/aromatic N) is 2. The Kier molecular flexibility index (Phi) is 4.25. The lowest BCUT2D eigenvalue weighted by atomic mass is 9.94. The summed E-state index contributed by atoms with van der Waals surface area (Å²) >= 11 is 0. The van der Waals surface area contributed by atoms with Gasteiger partial charge in [0.1, 0.15) is 5.82 Å². The molecule has 3 rings (SSSR count). The average molecular weight is 273 g/mol. The van der Waals surface area contributed by atoms with Gasteiger partial charge in [0.15, 0.2) is 0 Å². The minimum atomic E-state index is 0.686. The third-order valence-electron chi connectivity index (χ3n) is 4.82. The first-order chi connectivity index (χ1) is 9.74. The molecule has 1 heterocycles. The van der Waals surface area contributed by atoms with Crippen molar-refractivity contribution in [3.05, 3.63) is 23.4 Å². The van der Waals surface area contributed by atoms with E-state index in [0.717, 1.165) is 18.4 Å². The van der Waals surface area contributed by atoms with Gasteiger partial charge in [0.25, 0.3) is 0 Å². The van der Waals surface area contributed by atoms with Gasteiger partial charge in [-0.3, -0.25) is 0 Å². The maximum Gasteiger partial charge on any atom is 0.128 e. The number of hydrogen-bond donors (Lipinski definition) is 1. The van der Waals surface area contributed by atoms with Crippen molar-refractivity contribution in [3.63, 3.8) is 0 Å². The van der Waals surface area contributed by atoms with E-state index >= 15 is 0 Å². The highest BCUT2D eigenvalue weighted by Crippen LogP contribution is 2.26. The van der Waals surface area contributed by atoms with Crippen molar-refractivity contribution in [2.24, 2.45) is 0 Å². The van der Waals surface area contributed by atoms with E-state index in [4.69, 9.17) is 4.98 Å². The summed E-state index contributed by atoms with van der Waals surface area (Å²) in [4.78, 5) is 7.23. The first-order valence-electron chi connectivity index (χ1n) is 8.17. The molecule has 1 aromatic heterocycles. The average Bonchev–Trinajstić information content (AvgIpc) is 3.30. The second-order valence-electron chi connectivity index (χ2n) is 6.47. The zero-order valence-electron chi connectivity index (χ0n) is 12.9. The molecule has 0 amide bonds. The molecule has 0 atom stereocenters. The smallest absolute Gasteiger partial charge is 0.128 e. The van der Waals surface area contributed by atoms with Gasteiger partial charge in [-0.2, -0.15) is 0 Å². The maximum absolute atomic E-state index is 4.83. The van der Waals surface area contributed by atoms with E-state index in [1.807, 2.05) is 0 Å². The first kappa shape index (κ1) is 13.9. The normalized spacial score (nSPS) is 20.1. The molecule has 1 N–H and O–H groups in total. The highest BCUT2D eigenvalue weighted by atomic mass is 15.2. The van der Waals surface area contributed by atoms with Crippen LogP contribution < -0.4 is 10.2 Å². The standard InChI is InChI=1S/C17H27N3/c1-13-14(12-18-15-9-10-15)8-11-17(19-13)20(2)16-6-4-3-5-7-16/h8,11,15-16,18H,3-7,9-10,12H2,1-2H3. The molecule has 0 radical (unpaired) electrons. The molecule has 110 valence electrons. The Bertz CT molecular complexity index is 448. The summed E-state index contributed by atoms with van der Waals surface area (Å²) in [7, 11) is 2.21. The second-order valence-corrected chi connectivity index (χ2v) is 6.47. The molecule has 2 saturated carbocycles.